The van der Waals surface area contributed by atoms with Crippen molar-refractivity contribution in [2.45, 2.75) is 6.92 Å². The van der Waals surface area contributed by atoms with E-state index < -0.39 is 16.8 Å². The molecule has 0 unspecified atom stereocenters. The van der Waals surface area contributed by atoms with Crippen LogP contribution in [0, 0.1) is 15.5 Å². The van der Waals surface area contributed by atoms with E-state index >= 15 is 0 Å². The molecule has 0 saturated heterocycles. The lowest BCUT2D eigenvalue weighted by atomic mass is 10.1. The normalized spacial score (nSPS) is 16.0. The van der Waals surface area contributed by atoms with E-state index in [-0.39, 0.29) is 40.8 Å². The van der Waals surface area contributed by atoms with Gasteiger partial charge < -0.3 is 9.47 Å². The lowest BCUT2D eigenvalue weighted by Crippen LogP contribution is -2.35. The second kappa shape index (κ2) is 9.04. The van der Waals surface area contributed by atoms with Gasteiger partial charge in [0.2, 0.25) is 0 Å². The highest BCUT2D eigenvalue weighted by Crippen LogP contribution is 2.31. The van der Waals surface area contributed by atoms with Gasteiger partial charge in [-0.15, -0.1) is 0 Å². The molecule has 166 valence electrons. The number of nitro benzene ring substituents is 1. The molecule has 0 saturated carbocycles. The molecule has 0 bridgehead atoms. The Bertz CT molecular complexity index is 1290. The van der Waals surface area contributed by atoms with Crippen LogP contribution < -0.4 is 9.47 Å². The fraction of sp³-hybridized carbons (Fsp3) is 0.0952. The lowest BCUT2D eigenvalue weighted by molar-refractivity contribution is -0.384. The summed E-state index contributed by atoms with van der Waals surface area (Å²) < 4.78 is 11.0. The summed E-state index contributed by atoms with van der Waals surface area (Å²) in [6.07, 6.45) is 1.47. The molecular formula is C21H15N5O6S. The Kier molecular flexibility index (Phi) is 6.00. The first-order chi connectivity index (χ1) is 15.9. The van der Waals surface area contributed by atoms with Crippen LogP contribution in [0.25, 0.3) is 6.08 Å². The van der Waals surface area contributed by atoms with Gasteiger partial charge in [0.1, 0.15) is 0 Å². The van der Waals surface area contributed by atoms with Crippen molar-refractivity contribution in [2.75, 3.05) is 6.61 Å². The van der Waals surface area contributed by atoms with Crippen LogP contribution >= 0.6 is 11.8 Å². The number of carbonyl (C=O) groups is 2. The van der Waals surface area contributed by atoms with Crippen LogP contribution in [0.5, 0.6) is 11.5 Å². The van der Waals surface area contributed by atoms with Crippen molar-refractivity contribution in [3.63, 3.8) is 0 Å². The number of amidine groups is 2. The van der Waals surface area contributed by atoms with Crippen molar-refractivity contribution in [1.29, 1.82) is 5.41 Å². The van der Waals surface area contributed by atoms with Gasteiger partial charge in [0, 0.05) is 12.1 Å². The van der Waals surface area contributed by atoms with E-state index in [0.717, 1.165) is 17.8 Å². The van der Waals surface area contributed by atoms with Gasteiger partial charge >= 0.3 is 5.97 Å². The minimum atomic E-state index is -0.791. The smallest absolute Gasteiger partial charge is 0.343 e. The summed E-state index contributed by atoms with van der Waals surface area (Å²) in [7, 11) is 0. The maximum absolute atomic E-state index is 12.5. The molecule has 0 atom stereocenters. The molecule has 33 heavy (non-hydrogen) atoms. The van der Waals surface area contributed by atoms with E-state index in [4.69, 9.17) is 14.9 Å². The first-order valence-corrected chi connectivity index (χ1v) is 10.4. The average Bonchev–Trinajstić information content (AvgIpc) is 3.27. The third kappa shape index (κ3) is 4.50. The van der Waals surface area contributed by atoms with Crippen LogP contribution in [-0.2, 0) is 4.79 Å². The fourth-order valence-corrected chi connectivity index (χ4v) is 3.59. The number of carbonyl (C=O) groups excluding carboxylic acids is 2. The summed E-state index contributed by atoms with van der Waals surface area (Å²) in [5.41, 5.74) is 1.82. The van der Waals surface area contributed by atoms with Crippen LogP contribution in [0.4, 0.5) is 5.69 Å². The number of nitrogens with one attached hydrogen (secondary N) is 1. The molecular weight excluding hydrogens is 450 g/mol. The van der Waals surface area contributed by atoms with Crippen LogP contribution in [0.1, 0.15) is 22.8 Å². The summed E-state index contributed by atoms with van der Waals surface area (Å²) in [5, 5.41) is 24.8. The van der Waals surface area contributed by atoms with E-state index in [1.165, 1.54) is 40.9 Å². The van der Waals surface area contributed by atoms with Gasteiger partial charge in [-0.3, -0.25) is 20.3 Å². The number of aliphatic imine (C=N–C) groups is 1. The highest BCUT2D eigenvalue weighted by Gasteiger charge is 2.32. The SMILES string of the molecule is CCOc1cc(C=C2C(=N)N3N=CSC3=NC2=O)ccc1OC(=O)c1cccc([N+](=O)[O-])c1. The van der Waals surface area contributed by atoms with Crippen LogP contribution in [-0.4, -0.2) is 45.0 Å². The van der Waals surface area contributed by atoms with Crippen molar-refractivity contribution >= 4 is 52.0 Å². The summed E-state index contributed by atoms with van der Waals surface area (Å²) in [6, 6.07) is 9.79. The maximum Gasteiger partial charge on any atom is 0.343 e. The molecule has 1 N–H and O–H groups in total. The summed E-state index contributed by atoms with van der Waals surface area (Å²) in [5.74, 6) is -1.14. The molecule has 2 aromatic carbocycles. The molecule has 0 fully saturated rings. The van der Waals surface area contributed by atoms with Gasteiger partial charge in [0.05, 0.1) is 28.2 Å². The first-order valence-electron chi connectivity index (χ1n) is 9.53. The van der Waals surface area contributed by atoms with Crippen molar-refractivity contribution in [3.05, 3.63) is 69.3 Å². The zero-order valence-corrected chi connectivity index (χ0v) is 17.9. The number of ether oxygens (including phenoxy) is 2. The molecule has 0 radical (unpaired) electrons. The summed E-state index contributed by atoms with van der Waals surface area (Å²) in [4.78, 5) is 39.2. The van der Waals surface area contributed by atoms with Crippen molar-refractivity contribution in [3.8, 4) is 11.5 Å². The number of hydrogen-bond acceptors (Lipinski definition) is 9. The van der Waals surface area contributed by atoms with Crippen LogP contribution in [0.3, 0.4) is 0 Å². The summed E-state index contributed by atoms with van der Waals surface area (Å²) in [6.45, 7) is 2.01. The minimum absolute atomic E-state index is 0.0109. The molecule has 2 aliphatic rings. The molecule has 2 aromatic rings. The Morgan fingerprint density at radius 1 is 1.27 bits per heavy atom. The second-order valence-electron chi connectivity index (χ2n) is 6.59. The zero-order valence-electron chi connectivity index (χ0n) is 17.0. The molecule has 0 spiro atoms. The van der Waals surface area contributed by atoms with Gasteiger partial charge in [0.15, 0.2) is 22.5 Å². The van der Waals surface area contributed by atoms with E-state index in [2.05, 4.69) is 10.1 Å². The Balaban J connectivity index is 1.61. The molecule has 2 aliphatic heterocycles. The number of hydrazone groups is 1. The molecule has 0 aromatic heterocycles. The molecule has 11 nitrogen and oxygen atoms in total. The number of benzene rings is 2. The molecule has 2 heterocycles. The Morgan fingerprint density at radius 2 is 2.09 bits per heavy atom. The number of hydrogen-bond donors (Lipinski definition) is 1. The predicted molar refractivity (Wildman–Crippen MR) is 122 cm³/mol. The quantitative estimate of drug-likeness (QED) is 0.224. The van der Waals surface area contributed by atoms with Crippen molar-refractivity contribution in [2.24, 2.45) is 10.1 Å². The maximum atomic E-state index is 12.5. The molecule has 4 rings (SSSR count). The highest BCUT2D eigenvalue weighted by molar-refractivity contribution is 8.25. The number of thioether (sulfide) groups is 1. The van der Waals surface area contributed by atoms with Crippen molar-refractivity contribution < 1.29 is 24.0 Å². The van der Waals surface area contributed by atoms with E-state index in [1.54, 1.807) is 19.1 Å². The number of non-ortho nitro benzene ring substituents is 1. The topological polar surface area (TPSA) is 148 Å². The highest BCUT2D eigenvalue weighted by atomic mass is 32.2. The van der Waals surface area contributed by atoms with E-state index in [9.17, 15) is 19.7 Å². The van der Waals surface area contributed by atoms with Crippen LogP contribution in [0.2, 0.25) is 0 Å². The molecule has 1 amide bonds. The fourth-order valence-electron chi connectivity index (χ4n) is 2.98. The third-order valence-corrected chi connectivity index (χ3v) is 5.15. The summed E-state index contributed by atoms with van der Waals surface area (Å²) >= 11 is 1.15. The molecule has 0 aliphatic carbocycles. The number of rotatable bonds is 6. The number of amides is 1. The third-order valence-electron chi connectivity index (χ3n) is 4.47. The monoisotopic (exact) mass is 465 g/mol. The van der Waals surface area contributed by atoms with E-state index in [1.807, 2.05) is 0 Å². The lowest BCUT2D eigenvalue weighted by Gasteiger charge is -2.20. The van der Waals surface area contributed by atoms with Gasteiger partial charge in [-0.1, -0.05) is 12.1 Å². The van der Waals surface area contributed by atoms with Gasteiger partial charge in [-0.2, -0.15) is 15.1 Å². The standard InChI is InChI=1S/C21H15N5O6S/c1-2-31-17-9-12(8-15-18(22)25-21(24-19(15)27)33-11-23-25)6-7-16(17)32-20(28)13-4-3-5-14(10-13)26(29)30/h3-11,22H,2H2,1H3. The molecule has 12 heteroatoms. The average molecular weight is 465 g/mol. The number of nitro groups is 1. The van der Waals surface area contributed by atoms with Gasteiger partial charge in [-0.05, 0) is 48.5 Å². The van der Waals surface area contributed by atoms with E-state index in [0.29, 0.717) is 10.7 Å². The van der Waals surface area contributed by atoms with Crippen molar-refractivity contribution in [1.82, 2.24) is 5.01 Å². The van der Waals surface area contributed by atoms with Gasteiger partial charge in [0.25, 0.3) is 11.6 Å². The number of esters is 1. The first kappa shape index (κ1) is 21.9. The predicted octanol–water partition coefficient (Wildman–Crippen LogP) is 3.46. The van der Waals surface area contributed by atoms with Gasteiger partial charge in [-0.25, -0.2) is 4.79 Å². The Morgan fingerprint density at radius 3 is 2.85 bits per heavy atom. The minimum Gasteiger partial charge on any atom is -0.490 e. The Hall–Kier alpha value is -4.32. The Labute approximate surface area is 191 Å². The second-order valence-corrected chi connectivity index (χ2v) is 7.40. The largest absolute Gasteiger partial charge is 0.490 e. The number of fused-ring (bicyclic) bond motifs is 1. The van der Waals surface area contributed by atoms with Crippen LogP contribution in [0.15, 0.2) is 58.1 Å². The zero-order chi connectivity index (χ0) is 23.5. The number of nitrogens with zero attached hydrogens (tertiary/aromatic N) is 4.